The summed E-state index contributed by atoms with van der Waals surface area (Å²) in [5.41, 5.74) is 5.16. The van der Waals surface area contributed by atoms with Crippen LogP contribution < -0.4 is 5.32 Å². The number of nitrogens with one attached hydrogen (secondary N) is 2. The van der Waals surface area contributed by atoms with Gasteiger partial charge in [0.25, 0.3) is 0 Å². The molecule has 1 aliphatic heterocycles. The van der Waals surface area contributed by atoms with Crippen LogP contribution in [-0.2, 0) is 13.1 Å². The van der Waals surface area contributed by atoms with Gasteiger partial charge in [-0.05, 0) is 59.3 Å². The van der Waals surface area contributed by atoms with E-state index in [0.29, 0.717) is 18.1 Å². The van der Waals surface area contributed by atoms with Gasteiger partial charge in [-0.25, -0.2) is 4.79 Å². The van der Waals surface area contributed by atoms with Gasteiger partial charge in [-0.2, -0.15) is 0 Å². The first-order valence-electron chi connectivity index (χ1n) is 7.51. The maximum absolute atomic E-state index is 12.6. The minimum Gasteiger partial charge on any atom is -0.361 e. The number of H-pyrrole nitrogens is 1. The lowest BCUT2D eigenvalue weighted by Gasteiger charge is -2.17. The summed E-state index contributed by atoms with van der Waals surface area (Å²) >= 11 is 6.02. The van der Waals surface area contributed by atoms with E-state index in [1.54, 1.807) is 4.90 Å². The molecule has 4 nitrogen and oxygen atoms in total. The fourth-order valence-corrected chi connectivity index (χ4v) is 3.24. The number of aryl methyl sites for hydroxylation is 1. The summed E-state index contributed by atoms with van der Waals surface area (Å²) in [5, 5.41) is 4.87. The molecule has 1 aliphatic rings. The van der Waals surface area contributed by atoms with Crippen LogP contribution in [0.3, 0.4) is 0 Å². The summed E-state index contributed by atoms with van der Waals surface area (Å²) in [5.74, 6) is 0. The third kappa shape index (κ3) is 2.55. The van der Waals surface area contributed by atoms with E-state index in [1.807, 2.05) is 43.5 Å². The Hall–Kier alpha value is -2.46. The van der Waals surface area contributed by atoms with Crippen molar-refractivity contribution in [3.8, 4) is 0 Å². The molecule has 0 unspecified atom stereocenters. The maximum atomic E-state index is 12.6. The minimum atomic E-state index is -0.0914. The lowest BCUT2D eigenvalue weighted by molar-refractivity contribution is 0.212. The second kappa shape index (κ2) is 5.32. The van der Waals surface area contributed by atoms with Gasteiger partial charge in [-0.3, -0.25) is 0 Å². The Balaban J connectivity index is 1.55. The van der Waals surface area contributed by atoms with E-state index < -0.39 is 0 Å². The molecule has 0 bridgehead atoms. The number of aromatic amines is 1. The van der Waals surface area contributed by atoms with E-state index in [1.165, 1.54) is 0 Å². The first-order valence-corrected chi connectivity index (χ1v) is 7.89. The zero-order valence-corrected chi connectivity index (χ0v) is 13.4. The smallest absolute Gasteiger partial charge is 0.322 e. The number of nitrogens with zero attached hydrogens (tertiary/aromatic N) is 1. The predicted molar refractivity (Wildman–Crippen MR) is 92.8 cm³/mol. The molecule has 2 amide bonds. The number of fused-ring (bicyclic) bond motifs is 2. The topological polar surface area (TPSA) is 48.1 Å². The van der Waals surface area contributed by atoms with Crippen LogP contribution >= 0.6 is 11.6 Å². The van der Waals surface area contributed by atoms with Crippen molar-refractivity contribution in [2.75, 3.05) is 5.32 Å². The molecule has 1 aromatic heterocycles. The number of halogens is 1. The number of hydrogen-bond donors (Lipinski definition) is 2. The molecular weight excluding hydrogens is 310 g/mol. The fourth-order valence-electron chi connectivity index (χ4n) is 3.05. The molecule has 0 fully saturated rings. The van der Waals surface area contributed by atoms with Gasteiger partial charge in [0.2, 0.25) is 0 Å². The number of carbonyl (C=O) groups excluding carboxylic acids is 1. The summed E-state index contributed by atoms with van der Waals surface area (Å²) in [7, 11) is 0. The zero-order valence-electron chi connectivity index (χ0n) is 12.7. The highest BCUT2D eigenvalue weighted by atomic mass is 35.5. The van der Waals surface area contributed by atoms with E-state index in [9.17, 15) is 4.79 Å². The number of carbonyl (C=O) groups is 1. The Labute approximate surface area is 139 Å². The maximum Gasteiger partial charge on any atom is 0.322 e. The van der Waals surface area contributed by atoms with Gasteiger partial charge in [-0.15, -0.1) is 0 Å². The fraction of sp³-hybridized carbons (Fsp3) is 0.167. The van der Waals surface area contributed by atoms with Gasteiger partial charge >= 0.3 is 6.03 Å². The normalized spacial score (nSPS) is 13.4. The van der Waals surface area contributed by atoms with Crippen molar-refractivity contribution in [2.24, 2.45) is 0 Å². The van der Waals surface area contributed by atoms with E-state index in [-0.39, 0.29) is 6.03 Å². The SMILES string of the molecule is Cc1cc2cc[nH]c2cc1NC(=O)N1Cc2ccc(Cl)cc2C1. The first kappa shape index (κ1) is 14.2. The molecule has 0 saturated carbocycles. The van der Waals surface area contributed by atoms with E-state index in [2.05, 4.69) is 16.4 Å². The molecule has 23 heavy (non-hydrogen) atoms. The third-order valence-electron chi connectivity index (χ3n) is 4.32. The molecule has 0 spiro atoms. The number of aromatic nitrogens is 1. The molecular formula is C18H16ClN3O. The molecule has 0 atom stereocenters. The number of hydrogen-bond acceptors (Lipinski definition) is 1. The Bertz CT molecular complexity index is 916. The second-order valence-electron chi connectivity index (χ2n) is 5.93. The summed E-state index contributed by atoms with van der Waals surface area (Å²) < 4.78 is 0. The molecule has 2 heterocycles. The van der Waals surface area contributed by atoms with Crippen molar-refractivity contribution in [1.82, 2.24) is 9.88 Å². The van der Waals surface area contributed by atoms with Gasteiger partial charge in [0.1, 0.15) is 0 Å². The highest BCUT2D eigenvalue weighted by Crippen LogP contribution is 2.27. The third-order valence-corrected chi connectivity index (χ3v) is 4.55. The first-order chi connectivity index (χ1) is 11.1. The Morgan fingerprint density at radius 3 is 2.87 bits per heavy atom. The van der Waals surface area contributed by atoms with Gasteiger partial charge in [-0.1, -0.05) is 17.7 Å². The van der Waals surface area contributed by atoms with Crippen molar-refractivity contribution >= 4 is 34.2 Å². The van der Waals surface area contributed by atoms with Crippen LogP contribution in [0, 0.1) is 6.92 Å². The van der Waals surface area contributed by atoms with Crippen molar-refractivity contribution in [3.63, 3.8) is 0 Å². The largest absolute Gasteiger partial charge is 0.361 e. The van der Waals surface area contributed by atoms with Crippen molar-refractivity contribution in [2.45, 2.75) is 20.0 Å². The van der Waals surface area contributed by atoms with Gasteiger partial charge in [0, 0.05) is 35.5 Å². The van der Waals surface area contributed by atoms with E-state index in [0.717, 1.165) is 33.3 Å². The van der Waals surface area contributed by atoms with E-state index >= 15 is 0 Å². The molecule has 0 saturated heterocycles. The zero-order chi connectivity index (χ0) is 16.0. The number of anilines is 1. The van der Waals surface area contributed by atoms with Gasteiger partial charge in [0.05, 0.1) is 0 Å². The minimum absolute atomic E-state index is 0.0914. The van der Waals surface area contributed by atoms with Gasteiger partial charge in [0.15, 0.2) is 0 Å². The number of rotatable bonds is 1. The van der Waals surface area contributed by atoms with Crippen LogP contribution in [0.25, 0.3) is 10.9 Å². The predicted octanol–water partition coefficient (Wildman–Crippen LogP) is 4.68. The highest BCUT2D eigenvalue weighted by Gasteiger charge is 2.23. The van der Waals surface area contributed by atoms with Crippen LogP contribution in [0.4, 0.5) is 10.5 Å². The Kier molecular flexibility index (Phi) is 3.27. The summed E-state index contributed by atoms with van der Waals surface area (Å²) in [4.78, 5) is 17.5. The summed E-state index contributed by atoms with van der Waals surface area (Å²) in [6, 6.07) is 11.8. The van der Waals surface area contributed by atoms with E-state index in [4.69, 9.17) is 11.6 Å². The number of urea groups is 1. The lowest BCUT2D eigenvalue weighted by Crippen LogP contribution is -2.30. The van der Waals surface area contributed by atoms with Crippen molar-refractivity contribution in [1.29, 1.82) is 0 Å². The van der Waals surface area contributed by atoms with Crippen LogP contribution in [-0.4, -0.2) is 15.9 Å². The molecule has 5 heteroatoms. The highest BCUT2D eigenvalue weighted by molar-refractivity contribution is 6.30. The Morgan fingerprint density at radius 1 is 1.17 bits per heavy atom. The second-order valence-corrected chi connectivity index (χ2v) is 6.37. The van der Waals surface area contributed by atoms with Crippen LogP contribution in [0.2, 0.25) is 5.02 Å². The Morgan fingerprint density at radius 2 is 2.00 bits per heavy atom. The number of benzene rings is 2. The molecule has 3 aromatic rings. The molecule has 116 valence electrons. The molecule has 2 aromatic carbocycles. The molecule has 0 radical (unpaired) electrons. The lowest BCUT2D eigenvalue weighted by atomic mass is 10.1. The van der Waals surface area contributed by atoms with Gasteiger partial charge < -0.3 is 15.2 Å². The van der Waals surface area contributed by atoms with Crippen LogP contribution in [0.5, 0.6) is 0 Å². The summed E-state index contributed by atoms with van der Waals surface area (Å²) in [6.07, 6.45) is 1.90. The monoisotopic (exact) mass is 325 g/mol. The summed E-state index contributed by atoms with van der Waals surface area (Å²) in [6.45, 7) is 3.20. The standard InChI is InChI=1S/C18H16ClN3O/c1-11-6-12-4-5-20-17(12)8-16(11)21-18(23)22-9-13-2-3-15(19)7-14(13)10-22/h2-8,20H,9-10H2,1H3,(H,21,23). The van der Waals surface area contributed by atoms with Crippen molar-refractivity contribution < 1.29 is 4.79 Å². The molecule has 2 N–H and O–H groups in total. The molecule has 4 rings (SSSR count). The number of amides is 2. The quantitative estimate of drug-likeness (QED) is 0.670. The molecule has 0 aliphatic carbocycles. The average Bonchev–Trinajstić information content (AvgIpc) is 3.13. The van der Waals surface area contributed by atoms with Crippen LogP contribution in [0.15, 0.2) is 42.6 Å². The average molecular weight is 326 g/mol. The van der Waals surface area contributed by atoms with Crippen molar-refractivity contribution in [3.05, 3.63) is 64.3 Å². The van der Waals surface area contributed by atoms with Crippen LogP contribution in [0.1, 0.15) is 16.7 Å².